The molecular weight excluding hydrogens is 218 g/mol. The Labute approximate surface area is 98.2 Å². The molecule has 17 heavy (non-hydrogen) atoms. The number of nitrogens with one attached hydrogen (secondary N) is 2. The van der Waals surface area contributed by atoms with Crippen LogP contribution >= 0.6 is 0 Å². The largest absolute Gasteiger partial charge is 0.326 e. The van der Waals surface area contributed by atoms with E-state index < -0.39 is 0 Å². The van der Waals surface area contributed by atoms with E-state index in [1.807, 2.05) is 0 Å². The van der Waals surface area contributed by atoms with Crippen LogP contribution in [-0.2, 0) is 4.79 Å². The first kappa shape index (κ1) is 12.2. The van der Waals surface area contributed by atoms with Crippen LogP contribution in [0.3, 0.4) is 0 Å². The molecule has 0 aromatic heterocycles. The van der Waals surface area contributed by atoms with Gasteiger partial charge in [0.2, 0.25) is 11.6 Å². The zero-order chi connectivity index (χ0) is 12.7. The number of amides is 1. The topological polar surface area (TPSA) is 101 Å². The van der Waals surface area contributed by atoms with Crippen molar-refractivity contribution in [3.05, 3.63) is 24.3 Å². The molecule has 0 saturated carbocycles. The summed E-state index contributed by atoms with van der Waals surface area (Å²) in [5.41, 5.74) is 3.46. The lowest BCUT2D eigenvalue weighted by Crippen LogP contribution is -2.05. The lowest BCUT2D eigenvalue weighted by atomic mass is 10.3. The van der Waals surface area contributed by atoms with Crippen LogP contribution in [0.25, 0.3) is 0 Å². The molecular formula is C11H9N5O. The minimum absolute atomic E-state index is 0.180. The molecule has 0 atom stereocenters. The molecule has 0 aliphatic carbocycles. The van der Waals surface area contributed by atoms with Gasteiger partial charge in [-0.25, -0.2) is 0 Å². The highest BCUT2D eigenvalue weighted by Gasteiger charge is 1.98. The van der Waals surface area contributed by atoms with Crippen molar-refractivity contribution in [1.82, 2.24) is 0 Å². The highest BCUT2D eigenvalue weighted by Crippen LogP contribution is 2.14. The highest BCUT2D eigenvalue weighted by molar-refractivity contribution is 6.10. The second kappa shape index (κ2) is 5.89. The second-order valence-electron chi connectivity index (χ2n) is 3.06. The third kappa shape index (κ3) is 4.02. The van der Waals surface area contributed by atoms with Gasteiger partial charge < -0.3 is 5.32 Å². The van der Waals surface area contributed by atoms with E-state index in [1.165, 1.54) is 6.92 Å². The van der Waals surface area contributed by atoms with Gasteiger partial charge in [0, 0.05) is 12.6 Å². The third-order valence-electron chi connectivity index (χ3n) is 1.69. The molecule has 0 aliphatic rings. The number of anilines is 2. The molecule has 0 spiro atoms. The van der Waals surface area contributed by atoms with Gasteiger partial charge in [-0.3, -0.25) is 10.2 Å². The van der Waals surface area contributed by atoms with Crippen molar-refractivity contribution in [2.45, 2.75) is 6.92 Å². The van der Waals surface area contributed by atoms with Gasteiger partial charge in [0.1, 0.15) is 12.1 Å². The molecule has 84 valence electrons. The Hall–Kier alpha value is -2.86. The summed E-state index contributed by atoms with van der Waals surface area (Å²) in [5, 5.41) is 23.1. The molecule has 1 amide bonds. The van der Waals surface area contributed by atoms with Gasteiger partial charge in [0.05, 0.1) is 5.69 Å². The van der Waals surface area contributed by atoms with E-state index in [1.54, 1.807) is 36.4 Å². The number of benzene rings is 1. The predicted molar refractivity (Wildman–Crippen MR) is 63.0 cm³/mol. The number of rotatable bonds is 3. The van der Waals surface area contributed by atoms with Crippen LogP contribution in [-0.4, -0.2) is 11.6 Å². The standard InChI is InChI=1S/C11H9N5O/c1-8(17)14-9-3-2-4-10(5-9)15-16-11(6-12)7-13/h2-5,15H,1H3,(H,14,17). The second-order valence-corrected chi connectivity index (χ2v) is 3.06. The summed E-state index contributed by atoms with van der Waals surface area (Å²) in [6, 6.07) is 10.0. The molecule has 0 radical (unpaired) electrons. The van der Waals surface area contributed by atoms with Crippen LogP contribution in [0.4, 0.5) is 11.4 Å². The zero-order valence-corrected chi connectivity index (χ0v) is 9.06. The average molecular weight is 227 g/mol. The average Bonchev–Trinajstić information content (AvgIpc) is 2.30. The lowest BCUT2D eigenvalue weighted by Gasteiger charge is -2.04. The quantitative estimate of drug-likeness (QED) is 0.602. The first-order chi connectivity index (χ1) is 8.15. The van der Waals surface area contributed by atoms with Crippen LogP contribution < -0.4 is 10.7 Å². The fourth-order valence-electron chi connectivity index (χ4n) is 1.07. The van der Waals surface area contributed by atoms with Gasteiger partial charge in [-0.2, -0.15) is 15.6 Å². The number of hydrogen-bond donors (Lipinski definition) is 2. The minimum atomic E-state index is -0.269. The summed E-state index contributed by atoms with van der Waals surface area (Å²) < 4.78 is 0. The van der Waals surface area contributed by atoms with E-state index in [-0.39, 0.29) is 11.6 Å². The number of hydrogen-bond acceptors (Lipinski definition) is 5. The Morgan fingerprint density at radius 1 is 1.29 bits per heavy atom. The van der Waals surface area contributed by atoms with E-state index >= 15 is 0 Å². The van der Waals surface area contributed by atoms with Crippen molar-refractivity contribution in [3.63, 3.8) is 0 Å². The molecule has 0 fully saturated rings. The van der Waals surface area contributed by atoms with E-state index in [9.17, 15) is 4.79 Å². The Morgan fingerprint density at radius 2 is 1.94 bits per heavy atom. The number of carbonyl (C=O) groups is 1. The summed E-state index contributed by atoms with van der Waals surface area (Å²) in [6.07, 6.45) is 0. The number of nitrogens with zero attached hydrogens (tertiary/aromatic N) is 3. The summed E-state index contributed by atoms with van der Waals surface area (Å²) in [4.78, 5) is 10.8. The van der Waals surface area contributed by atoms with Gasteiger partial charge in [-0.05, 0) is 18.2 Å². The van der Waals surface area contributed by atoms with Gasteiger partial charge in [0.15, 0.2) is 0 Å². The minimum Gasteiger partial charge on any atom is -0.326 e. The zero-order valence-electron chi connectivity index (χ0n) is 9.06. The maximum Gasteiger partial charge on any atom is 0.237 e. The SMILES string of the molecule is CC(=O)Nc1cccc(NN=C(C#N)C#N)c1. The summed E-state index contributed by atoms with van der Waals surface area (Å²) >= 11 is 0. The smallest absolute Gasteiger partial charge is 0.237 e. The molecule has 6 heteroatoms. The maximum atomic E-state index is 10.8. The van der Waals surface area contributed by atoms with Crippen molar-refractivity contribution in [2.75, 3.05) is 10.7 Å². The molecule has 0 bridgehead atoms. The Kier molecular flexibility index (Phi) is 4.23. The molecule has 0 heterocycles. The van der Waals surface area contributed by atoms with Crippen LogP contribution in [0.2, 0.25) is 0 Å². The van der Waals surface area contributed by atoms with Crippen molar-refractivity contribution in [2.24, 2.45) is 5.10 Å². The van der Waals surface area contributed by atoms with Crippen LogP contribution in [0.15, 0.2) is 29.4 Å². The van der Waals surface area contributed by atoms with Crippen LogP contribution in [0.5, 0.6) is 0 Å². The highest BCUT2D eigenvalue weighted by atomic mass is 16.1. The Bertz CT molecular complexity index is 520. The number of carbonyl (C=O) groups excluding carboxylic acids is 1. The number of hydrazone groups is 1. The van der Waals surface area contributed by atoms with E-state index in [2.05, 4.69) is 15.8 Å². The Balaban J connectivity index is 2.80. The molecule has 0 saturated heterocycles. The van der Waals surface area contributed by atoms with Crippen molar-refractivity contribution in [3.8, 4) is 12.1 Å². The van der Waals surface area contributed by atoms with Crippen molar-refractivity contribution in [1.29, 1.82) is 10.5 Å². The number of nitriles is 2. The van der Waals surface area contributed by atoms with Crippen LogP contribution in [0.1, 0.15) is 6.92 Å². The summed E-state index contributed by atoms with van der Waals surface area (Å²) in [6.45, 7) is 1.40. The van der Waals surface area contributed by atoms with E-state index in [0.29, 0.717) is 11.4 Å². The molecule has 1 rings (SSSR count). The third-order valence-corrected chi connectivity index (χ3v) is 1.69. The lowest BCUT2D eigenvalue weighted by molar-refractivity contribution is -0.114. The fourth-order valence-corrected chi connectivity index (χ4v) is 1.07. The predicted octanol–water partition coefficient (Wildman–Crippen LogP) is 1.46. The molecule has 2 N–H and O–H groups in total. The fraction of sp³-hybridized carbons (Fsp3) is 0.0909. The van der Waals surface area contributed by atoms with E-state index in [4.69, 9.17) is 10.5 Å². The molecule has 1 aromatic rings. The van der Waals surface area contributed by atoms with Gasteiger partial charge in [0.25, 0.3) is 0 Å². The molecule has 0 unspecified atom stereocenters. The first-order valence-electron chi connectivity index (χ1n) is 4.67. The normalized spacial score (nSPS) is 8.41. The first-order valence-corrected chi connectivity index (χ1v) is 4.67. The van der Waals surface area contributed by atoms with Gasteiger partial charge >= 0.3 is 0 Å². The monoisotopic (exact) mass is 227 g/mol. The van der Waals surface area contributed by atoms with Gasteiger partial charge in [-0.15, -0.1) is 0 Å². The summed E-state index contributed by atoms with van der Waals surface area (Å²) in [5.74, 6) is -0.180. The van der Waals surface area contributed by atoms with Crippen molar-refractivity contribution >= 4 is 23.0 Å². The summed E-state index contributed by atoms with van der Waals surface area (Å²) in [7, 11) is 0. The maximum absolute atomic E-state index is 10.8. The van der Waals surface area contributed by atoms with Crippen molar-refractivity contribution < 1.29 is 4.79 Å². The molecule has 1 aromatic carbocycles. The van der Waals surface area contributed by atoms with Crippen LogP contribution in [0, 0.1) is 22.7 Å². The van der Waals surface area contributed by atoms with Gasteiger partial charge in [-0.1, -0.05) is 6.07 Å². The molecule has 6 nitrogen and oxygen atoms in total. The van der Waals surface area contributed by atoms with E-state index in [0.717, 1.165) is 0 Å². The molecule has 0 aliphatic heterocycles. The Morgan fingerprint density at radius 3 is 2.53 bits per heavy atom.